The summed E-state index contributed by atoms with van der Waals surface area (Å²) >= 11 is 7.12. The van der Waals surface area contributed by atoms with Crippen molar-refractivity contribution in [1.29, 1.82) is 0 Å². The molecule has 0 radical (unpaired) electrons. The Bertz CT molecular complexity index is 1060. The number of hydrogen-bond acceptors (Lipinski definition) is 6. The molecule has 0 aliphatic heterocycles. The fourth-order valence-corrected chi connectivity index (χ4v) is 3.33. The molecule has 0 atom stereocenters. The van der Waals surface area contributed by atoms with Crippen LogP contribution in [0.15, 0.2) is 76.8 Å². The molecule has 0 fully saturated rings. The number of carbonyl (C=O) groups is 2. The van der Waals surface area contributed by atoms with Gasteiger partial charge in [-0.25, -0.2) is 0 Å². The zero-order valence-corrected chi connectivity index (χ0v) is 16.2. The quantitative estimate of drug-likeness (QED) is 0.471. The Kier molecular flexibility index (Phi) is 6.43. The number of nitro groups is 1. The summed E-state index contributed by atoms with van der Waals surface area (Å²) in [5, 5.41) is 11.7. The number of rotatable bonds is 5. The van der Waals surface area contributed by atoms with Gasteiger partial charge in [-0.3, -0.25) is 35.5 Å². The van der Waals surface area contributed by atoms with E-state index in [1.54, 1.807) is 30.3 Å². The number of amides is 2. The van der Waals surface area contributed by atoms with Crippen LogP contribution in [-0.4, -0.2) is 21.7 Å². The van der Waals surface area contributed by atoms with Crippen molar-refractivity contribution >= 4 is 40.9 Å². The van der Waals surface area contributed by atoms with E-state index in [-0.39, 0.29) is 16.8 Å². The van der Waals surface area contributed by atoms with Crippen LogP contribution in [-0.2, 0) is 0 Å². The third kappa shape index (κ3) is 5.31. The van der Waals surface area contributed by atoms with Crippen LogP contribution in [0.3, 0.4) is 0 Å². The Morgan fingerprint density at radius 3 is 2.41 bits per heavy atom. The SMILES string of the molecule is O=C(NNC(=O)c1cc([N+](=O)[O-])ccc1Sc1ccc(Cl)cc1)c1cccnc1. The molecule has 0 saturated heterocycles. The first-order valence-electron chi connectivity index (χ1n) is 8.16. The van der Waals surface area contributed by atoms with Crippen molar-refractivity contribution in [2.45, 2.75) is 9.79 Å². The number of benzene rings is 2. The molecule has 0 saturated carbocycles. The highest BCUT2D eigenvalue weighted by atomic mass is 35.5. The van der Waals surface area contributed by atoms with Gasteiger partial charge in [-0.2, -0.15) is 0 Å². The van der Waals surface area contributed by atoms with Gasteiger partial charge in [0.05, 0.1) is 16.1 Å². The summed E-state index contributed by atoms with van der Waals surface area (Å²) in [6.45, 7) is 0. The number of nitrogens with zero attached hydrogens (tertiary/aromatic N) is 2. The van der Waals surface area contributed by atoms with Gasteiger partial charge in [0.2, 0.25) is 0 Å². The molecule has 29 heavy (non-hydrogen) atoms. The van der Waals surface area contributed by atoms with Gasteiger partial charge in [-0.05, 0) is 42.5 Å². The fourth-order valence-electron chi connectivity index (χ4n) is 2.28. The Labute approximate surface area is 174 Å². The maximum absolute atomic E-state index is 12.6. The van der Waals surface area contributed by atoms with E-state index in [1.807, 2.05) is 0 Å². The number of halogens is 1. The minimum Gasteiger partial charge on any atom is -0.267 e. The van der Waals surface area contributed by atoms with Gasteiger partial charge >= 0.3 is 0 Å². The molecule has 3 rings (SSSR count). The number of nitro benzene ring substituents is 1. The van der Waals surface area contributed by atoms with E-state index in [9.17, 15) is 19.7 Å². The Balaban J connectivity index is 1.81. The number of pyridine rings is 1. The molecule has 2 aromatic carbocycles. The summed E-state index contributed by atoms with van der Waals surface area (Å²) in [5.41, 5.74) is 4.60. The van der Waals surface area contributed by atoms with Crippen LogP contribution in [0.4, 0.5) is 5.69 Å². The van der Waals surface area contributed by atoms with E-state index in [1.165, 1.54) is 42.4 Å². The molecule has 0 aliphatic rings. The first kappa shape index (κ1) is 20.3. The zero-order valence-electron chi connectivity index (χ0n) is 14.7. The summed E-state index contributed by atoms with van der Waals surface area (Å²) < 4.78 is 0. The van der Waals surface area contributed by atoms with Crippen molar-refractivity contribution in [2.24, 2.45) is 0 Å². The molecule has 0 unspecified atom stereocenters. The normalized spacial score (nSPS) is 10.2. The second-order valence-corrected chi connectivity index (χ2v) is 7.20. The average molecular weight is 429 g/mol. The van der Waals surface area contributed by atoms with E-state index in [2.05, 4.69) is 15.8 Å². The van der Waals surface area contributed by atoms with Crippen LogP contribution in [0.2, 0.25) is 5.02 Å². The third-order valence-corrected chi connectivity index (χ3v) is 5.01. The first-order valence-corrected chi connectivity index (χ1v) is 9.36. The Morgan fingerprint density at radius 1 is 1.03 bits per heavy atom. The van der Waals surface area contributed by atoms with Gasteiger partial charge in [-0.15, -0.1) is 0 Å². The van der Waals surface area contributed by atoms with E-state index >= 15 is 0 Å². The van der Waals surface area contributed by atoms with Crippen LogP contribution in [0.25, 0.3) is 0 Å². The molecule has 2 amide bonds. The minimum atomic E-state index is -0.692. The van der Waals surface area contributed by atoms with Gasteiger partial charge in [0.1, 0.15) is 0 Å². The topological polar surface area (TPSA) is 114 Å². The van der Waals surface area contributed by atoms with Crippen molar-refractivity contribution < 1.29 is 14.5 Å². The highest BCUT2D eigenvalue weighted by Crippen LogP contribution is 2.33. The molecule has 0 bridgehead atoms. The summed E-state index contributed by atoms with van der Waals surface area (Å²) in [6.07, 6.45) is 2.86. The van der Waals surface area contributed by atoms with Crippen molar-refractivity contribution in [3.63, 3.8) is 0 Å². The molecule has 146 valence electrons. The molecule has 0 aliphatic carbocycles. The van der Waals surface area contributed by atoms with Crippen molar-refractivity contribution in [2.75, 3.05) is 0 Å². The number of hydrogen-bond donors (Lipinski definition) is 2. The molecule has 1 heterocycles. The third-order valence-electron chi connectivity index (χ3n) is 3.67. The lowest BCUT2D eigenvalue weighted by Crippen LogP contribution is -2.41. The van der Waals surface area contributed by atoms with E-state index in [0.29, 0.717) is 9.92 Å². The monoisotopic (exact) mass is 428 g/mol. The molecule has 1 aromatic heterocycles. The number of carbonyl (C=O) groups excluding carboxylic acids is 2. The minimum absolute atomic E-state index is 0.0469. The average Bonchev–Trinajstić information content (AvgIpc) is 2.74. The van der Waals surface area contributed by atoms with E-state index in [4.69, 9.17) is 11.6 Å². The van der Waals surface area contributed by atoms with Gasteiger partial charge in [-0.1, -0.05) is 23.4 Å². The fraction of sp³-hybridized carbons (Fsp3) is 0. The van der Waals surface area contributed by atoms with Crippen molar-refractivity contribution in [3.8, 4) is 0 Å². The smallest absolute Gasteiger partial charge is 0.267 e. The molecule has 8 nitrogen and oxygen atoms in total. The number of hydrazine groups is 1. The molecule has 3 aromatic rings. The van der Waals surface area contributed by atoms with Crippen LogP contribution in [0, 0.1) is 10.1 Å². The predicted molar refractivity (Wildman–Crippen MR) is 108 cm³/mol. The second-order valence-electron chi connectivity index (χ2n) is 5.64. The number of non-ortho nitro benzene ring substituents is 1. The Morgan fingerprint density at radius 2 is 1.76 bits per heavy atom. The van der Waals surface area contributed by atoms with Gasteiger partial charge in [0.15, 0.2) is 0 Å². The van der Waals surface area contributed by atoms with Crippen molar-refractivity contribution in [3.05, 3.63) is 93.3 Å². The van der Waals surface area contributed by atoms with E-state index < -0.39 is 16.7 Å². The molecular formula is C19H13ClN4O4S. The molecule has 10 heteroatoms. The standard InChI is InChI=1S/C19H13ClN4O4S/c20-13-3-6-15(7-4-13)29-17-8-5-14(24(27)28)10-16(17)19(26)23-22-18(25)12-2-1-9-21-11-12/h1-11H,(H,22,25)(H,23,26). The first-order chi connectivity index (χ1) is 13.9. The lowest BCUT2D eigenvalue weighted by molar-refractivity contribution is -0.384. The lowest BCUT2D eigenvalue weighted by Gasteiger charge is -2.11. The largest absolute Gasteiger partial charge is 0.271 e. The highest BCUT2D eigenvalue weighted by Gasteiger charge is 2.18. The Hall–Kier alpha value is -3.43. The summed E-state index contributed by atoms with van der Waals surface area (Å²) in [5.74, 6) is -1.26. The molecule has 2 N–H and O–H groups in total. The van der Waals surface area contributed by atoms with Crippen LogP contribution in [0.1, 0.15) is 20.7 Å². The van der Waals surface area contributed by atoms with Gasteiger partial charge in [0.25, 0.3) is 17.5 Å². The highest BCUT2D eigenvalue weighted by molar-refractivity contribution is 7.99. The van der Waals surface area contributed by atoms with Crippen LogP contribution < -0.4 is 10.9 Å². The van der Waals surface area contributed by atoms with E-state index in [0.717, 1.165) is 11.0 Å². The second kappa shape index (κ2) is 9.18. The van der Waals surface area contributed by atoms with Gasteiger partial charge < -0.3 is 0 Å². The molecular weight excluding hydrogens is 416 g/mol. The zero-order chi connectivity index (χ0) is 20.8. The van der Waals surface area contributed by atoms with Crippen LogP contribution in [0.5, 0.6) is 0 Å². The maximum Gasteiger partial charge on any atom is 0.271 e. The lowest BCUT2D eigenvalue weighted by atomic mass is 10.2. The number of nitrogens with one attached hydrogen (secondary N) is 2. The van der Waals surface area contributed by atoms with Gasteiger partial charge in [0, 0.05) is 39.3 Å². The summed E-state index contributed by atoms with van der Waals surface area (Å²) in [6, 6.07) is 14.0. The predicted octanol–water partition coefficient (Wildman–Crippen LogP) is 3.87. The maximum atomic E-state index is 12.6. The summed E-state index contributed by atoms with van der Waals surface area (Å²) in [4.78, 5) is 40.3. The summed E-state index contributed by atoms with van der Waals surface area (Å²) in [7, 11) is 0. The molecule has 0 spiro atoms. The number of aromatic nitrogens is 1. The van der Waals surface area contributed by atoms with Crippen LogP contribution >= 0.6 is 23.4 Å². The van der Waals surface area contributed by atoms with Crippen molar-refractivity contribution in [1.82, 2.24) is 15.8 Å².